The van der Waals surface area contributed by atoms with E-state index in [1.54, 1.807) is 36.3 Å². The second-order valence-electron chi connectivity index (χ2n) is 8.73. The smallest absolute Gasteiger partial charge is 0.246 e. The van der Waals surface area contributed by atoms with E-state index in [1.807, 2.05) is 38.3 Å². The van der Waals surface area contributed by atoms with E-state index in [1.165, 1.54) is 0 Å². The minimum Gasteiger partial charge on any atom is -0.510 e. The van der Waals surface area contributed by atoms with Crippen LogP contribution in [-0.2, 0) is 16.6 Å². The molecule has 2 atom stereocenters. The first-order valence-electron chi connectivity index (χ1n) is 11.4. The van der Waals surface area contributed by atoms with Crippen LogP contribution in [0.25, 0.3) is 0 Å². The van der Waals surface area contributed by atoms with Crippen molar-refractivity contribution in [2.24, 2.45) is 17.0 Å². The molecule has 188 valence electrons. The van der Waals surface area contributed by atoms with E-state index in [2.05, 4.69) is 37.3 Å². The van der Waals surface area contributed by atoms with Gasteiger partial charge >= 0.3 is 0 Å². The Balaban J connectivity index is 1.82. The molecule has 11 heteroatoms. The number of hydrogen-bond acceptors (Lipinski definition) is 6. The van der Waals surface area contributed by atoms with Gasteiger partial charge in [-0.2, -0.15) is 10.1 Å². The van der Waals surface area contributed by atoms with Crippen LogP contribution in [0.4, 0.5) is 5.82 Å². The third kappa shape index (κ3) is 7.94. The Morgan fingerprint density at radius 2 is 2.26 bits per heavy atom. The number of aliphatic hydroxyl groups excluding tert-OH is 1. The SMILES string of the molecule is C=C(C)C(=O)NC1CC(NC(N=Cc2cnn(C)c2)=Nc2ccc[nH]2)=C(O)CC1OCCN(C)C. The Morgan fingerprint density at radius 3 is 2.89 bits per heavy atom. The first kappa shape index (κ1) is 25.9. The van der Waals surface area contributed by atoms with Crippen molar-refractivity contribution in [1.82, 2.24) is 30.3 Å². The Morgan fingerprint density at radius 1 is 1.46 bits per heavy atom. The molecule has 35 heavy (non-hydrogen) atoms. The summed E-state index contributed by atoms with van der Waals surface area (Å²) >= 11 is 0. The first-order chi connectivity index (χ1) is 16.7. The second-order valence-corrected chi connectivity index (χ2v) is 8.73. The number of amides is 1. The lowest BCUT2D eigenvalue weighted by molar-refractivity contribution is -0.119. The normalized spacial score (nSPS) is 18.9. The molecule has 0 saturated heterocycles. The van der Waals surface area contributed by atoms with Gasteiger partial charge in [0, 0.05) is 56.2 Å². The van der Waals surface area contributed by atoms with E-state index in [4.69, 9.17) is 4.74 Å². The molecular weight excluding hydrogens is 448 g/mol. The van der Waals surface area contributed by atoms with Gasteiger partial charge in [-0.3, -0.25) is 9.48 Å². The summed E-state index contributed by atoms with van der Waals surface area (Å²) in [5.41, 5.74) is 1.72. The largest absolute Gasteiger partial charge is 0.510 e. The van der Waals surface area contributed by atoms with Gasteiger partial charge in [0.1, 0.15) is 11.6 Å². The first-order valence-corrected chi connectivity index (χ1v) is 11.4. The van der Waals surface area contributed by atoms with Crippen LogP contribution in [0.2, 0.25) is 0 Å². The van der Waals surface area contributed by atoms with Crippen LogP contribution in [0.5, 0.6) is 0 Å². The molecule has 0 bridgehead atoms. The second kappa shape index (κ2) is 12.1. The molecule has 2 aromatic heterocycles. The molecule has 2 aromatic rings. The van der Waals surface area contributed by atoms with E-state index >= 15 is 0 Å². The number of nitrogens with zero attached hydrogens (tertiary/aromatic N) is 5. The Kier molecular flexibility index (Phi) is 8.98. The number of likely N-dealkylation sites (N-methyl/N-ethyl adjacent to an activating group) is 1. The molecule has 2 heterocycles. The van der Waals surface area contributed by atoms with Crippen LogP contribution >= 0.6 is 0 Å². The average Bonchev–Trinajstić information content (AvgIpc) is 3.46. The summed E-state index contributed by atoms with van der Waals surface area (Å²) in [5.74, 6) is 0.752. The topological polar surface area (TPSA) is 132 Å². The van der Waals surface area contributed by atoms with Crippen molar-refractivity contribution in [2.45, 2.75) is 31.9 Å². The molecule has 0 aliphatic heterocycles. The van der Waals surface area contributed by atoms with Crippen LogP contribution in [0.1, 0.15) is 25.3 Å². The lowest BCUT2D eigenvalue weighted by Crippen LogP contribution is -2.49. The van der Waals surface area contributed by atoms with Crippen LogP contribution < -0.4 is 10.6 Å². The molecule has 3 rings (SSSR count). The summed E-state index contributed by atoms with van der Waals surface area (Å²) in [4.78, 5) is 26.4. The maximum absolute atomic E-state index is 12.4. The number of aliphatic hydroxyl groups is 1. The molecule has 1 aliphatic rings. The van der Waals surface area contributed by atoms with Crippen molar-refractivity contribution < 1.29 is 14.6 Å². The predicted molar refractivity (Wildman–Crippen MR) is 136 cm³/mol. The molecular formula is C24H34N8O3. The van der Waals surface area contributed by atoms with Crippen LogP contribution in [0.15, 0.2) is 64.3 Å². The minimum absolute atomic E-state index is 0.136. The van der Waals surface area contributed by atoms with Crippen LogP contribution in [-0.4, -0.2) is 82.2 Å². The third-order valence-electron chi connectivity index (χ3n) is 5.32. The summed E-state index contributed by atoms with van der Waals surface area (Å²) in [6, 6.07) is 3.27. The predicted octanol–water partition coefficient (Wildman–Crippen LogP) is 2.02. The highest BCUT2D eigenvalue weighted by molar-refractivity contribution is 5.95. The molecule has 0 saturated carbocycles. The van der Waals surface area contributed by atoms with Crippen molar-refractivity contribution in [3.05, 3.63) is 59.9 Å². The number of nitrogens with one attached hydrogen (secondary N) is 3. The zero-order valence-corrected chi connectivity index (χ0v) is 20.7. The summed E-state index contributed by atoms with van der Waals surface area (Å²) in [6.45, 7) is 6.58. The van der Waals surface area contributed by atoms with E-state index in [-0.39, 0.29) is 36.2 Å². The van der Waals surface area contributed by atoms with Crippen molar-refractivity contribution in [3.8, 4) is 0 Å². The molecule has 11 nitrogen and oxygen atoms in total. The van der Waals surface area contributed by atoms with Gasteiger partial charge in [-0.15, -0.1) is 0 Å². The number of H-pyrrole nitrogens is 1. The zero-order valence-electron chi connectivity index (χ0n) is 20.7. The molecule has 0 fully saturated rings. The van der Waals surface area contributed by atoms with Crippen molar-refractivity contribution >= 4 is 23.9 Å². The van der Waals surface area contributed by atoms with Gasteiger partial charge in [0.05, 0.1) is 30.6 Å². The monoisotopic (exact) mass is 482 g/mol. The number of aryl methyl sites for hydroxylation is 1. The van der Waals surface area contributed by atoms with Gasteiger partial charge in [-0.1, -0.05) is 6.58 Å². The molecule has 1 aliphatic carbocycles. The number of hydrogen-bond donors (Lipinski definition) is 4. The Bertz CT molecular complexity index is 1100. The van der Waals surface area contributed by atoms with Crippen LogP contribution in [0, 0.1) is 0 Å². The number of carbonyl (C=O) groups is 1. The van der Waals surface area contributed by atoms with Gasteiger partial charge in [0.25, 0.3) is 0 Å². The van der Waals surface area contributed by atoms with Gasteiger partial charge < -0.3 is 30.4 Å². The number of aromatic nitrogens is 3. The summed E-state index contributed by atoms with van der Waals surface area (Å²) in [6.07, 6.45) is 7.07. The Hall–Kier alpha value is -3.70. The standard InChI is InChI=1S/C24H34N8O3/c1-16(2)23(34)28-19-11-18(20(33)12-21(19)35-10-9-31(3)4)29-24(30-22-7-6-8-25-22)26-13-17-14-27-32(5)15-17/h6-8,13-15,19,21,25,33H,1,9-12H2,2-5H3,(H,28,34)(H,29,30). The Labute approximate surface area is 205 Å². The quantitative estimate of drug-likeness (QED) is 0.246. The fourth-order valence-electron chi connectivity index (χ4n) is 3.42. The third-order valence-corrected chi connectivity index (χ3v) is 5.32. The molecule has 0 aromatic carbocycles. The fraction of sp³-hybridized carbons (Fsp3) is 0.417. The number of guanidine groups is 1. The van der Waals surface area contributed by atoms with E-state index in [0.717, 1.165) is 12.1 Å². The molecule has 0 spiro atoms. The highest BCUT2D eigenvalue weighted by Crippen LogP contribution is 2.25. The molecule has 1 amide bonds. The number of ether oxygens (including phenoxy) is 1. The summed E-state index contributed by atoms with van der Waals surface area (Å²) < 4.78 is 7.70. The van der Waals surface area contributed by atoms with E-state index in [0.29, 0.717) is 30.1 Å². The lowest BCUT2D eigenvalue weighted by Gasteiger charge is -2.33. The highest BCUT2D eigenvalue weighted by atomic mass is 16.5. The highest BCUT2D eigenvalue weighted by Gasteiger charge is 2.33. The lowest BCUT2D eigenvalue weighted by atomic mass is 9.93. The van der Waals surface area contributed by atoms with Crippen molar-refractivity contribution in [2.75, 3.05) is 27.2 Å². The van der Waals surface area contributed by atoms with Crippen LogP contribution in [0.3, 0.4) is 0 Å². The summed E-state index contributed by atoms with van der Waals surface area (Å²) in [5, 5.41) is 21.1. The number of rotatable bonds is 9. The van der Waals surface area contributed by atoms with Crippen molar-refractivity contribution in [1.29, 1.82) is 0 Å². The maximum atomic E-state index is 12.4. The zero-order chi connectivity index (χ0) is 25.4. The molecule has 4 N–H and O–H groups in total. The molecule has 0 radical (unpaired) electrons. The van der Waals surface area contributed by atoms with Crippen molar-refractivity contribution in [3.63, 3.8) is 0 Å². The average molecular weight is 483 g/mol. The van der Waals surface area contributed by atoms with E-state index < -0.39 is 0 Å². The van der Waals surface area contributed by atoms with Gasteiger partial charge in [0.2, 0.25) is 11.9 Å². The fourth-order valence-corrected chi connectivity index (χ4v) is 3.42. The maximum Gasteiger partial charge on any atom is 0.246 e. The number of aliphatic imine (C=N–C) groups is 2. The van der Waals surface area contributed by atoms with Gasteiger partial charge in [-0.05, 0) is 33.2 Å². The van der Waals surface area contributed by atoms with E-state index in [9.17, 15) is 9.90 Å². The number of aromatic amines is 1. The number of carbonyl (C=O) groups excluding carboxylic acids is 1. The summed E-state index contributed by atoms with van der Waals surface area (Å²) in [7, 11) is 5.74. The van der Waals surface area contributed by atoms with Gasteiger partial charge in [-0.25, -0.2) is 4.99 Å². The van der Waals surface area contributed by atoms with Gasteiger partial charge in [0.15, 0.2) is 0 Å². The minimum atomic E-state index is -0.383. The molecule has 2 unspecified atom stereocenters.